The van der Waals surface area contributed by atoms with Gasteiger partial charge in [-0.2, -0.15) is 13.2 Å². The van der Waals surface area contributed by atoms with E-state index in [1.54, 1.807) is 31.4 Å². The number of hydrogen-bond acceptors (Lipinski definition) is 5. The molecule has 0 amide bonds. The topological polar surface area (TPSA) is 80.7 Å². The lowest BCUT2D eigenvalue weighted by atomic mass is 9.98. The van der Waals surface area contributed by atoms with E-state index in [4.69, 9.17) is 14.6 Å². The summed E-state index contributed by atoms with van der Waals surface area (Å²) in [5, 5.41) is 11.9. The number of aromatic nitrogens is 1. The van der Waals surface area contributed by atoms with Crippen molar-refractivity contribution in [1.29, 1.82) is 0 Å². The number of aryl methyl sites for hydroxylation is 1. The first-order valence-corrected chi connectivity index (χ1v) is 11.7. The molecule has 2 aromatic carbocycles. The zero-order chi connectivity index (χ0) is 25.7. The Morgan fingerprint density at radius 1 is 1.11 bits per heavy atom. The molecule has 0 spiro atoms. The maximum Gasteiger partial charge on any atom is 0.419 e. The molecule has 1 atom stereocenters. The smallest absolute Gasteiger partial charge is 0.419 e. The van der Waals surface area contributed by atoms with Gasteiger partial charge >= 0.3 is 12.1 Å². The van der Waals surface area contributed by atoms with Crippen molar-refractivity contribution in [3.8, 4) is 22.8 Å². The Balaban J connectivity index is 1.36. The Morgan fingerprint density at radius 3 is 2.56 bits per heavy atom. The Morgan fingerprint density at radius 2 is 1.86 bits per heavy atom. The number of fused-ring (bicyclic) bond motifs is 1. The summed E-state index contributed by atoms with van der Waals surface area (Å²) in [4.78, 5) is 15.3. The summed E-state index contributed by atoms with van der Waals surface area (Å²) in [6.45, 7) is 0.553. The Bertz CT molecular complexity index is 1210. The normalized spacial score (nSPS) is 14.8. The molecule has 2 N–H and O–H groups in total. The number of benzene rings is 2. The molecule has 3 aromatic rings. The third-order valence-electron chi connectivity index (χ3n) is 6.21. The van der Waals surface area contributed by atoms with Gasteiger partial charge in [0.15, 0.2) is 0 Å². The van der Waals surface area contributed by atoms with Crippen LogP contribution < -0.4 is 14.8 Å². The van der Waals surface area contributed by atoms with E-state index in [9.17, 15) is 18.0 Å². The number of methoxy groups -OCH3 is 1. The minimum Gasteiger partial charge on any atom is -0.497 e. The van der Waals surface area contributed by atoms with Gasteiger partial charge in [-0.25, -0.2) is 4.98 Å². The first-order valence-electron chi connectivity index (χ1n) is 11.7. The van der Waals surface area contributed by atoms with Gasteiger partial charge < -0.3 is 19.9 Å². The third-order valence-corrected chi connectivity index (χ3v) is 6.21. The van der Waals surface area contributed by atoms with Gasteiger partial charge in [0, 0.05) is 12.1 Å². The number of carboxylic acid groups (broad SMARTS) is 1. The molecule has 190 valence electrons. The lowest BCUT2D eigenvalue weighted by Gasteiger charge is -2.15. The van der Waals surface area contributed by atoms with Gasteiger partial charge in [0.2, 0.25) is 0 Å². The molecule has 0 fully saturated rings. The molecule has 0 bridgehead atoms. The van der Waals surface area contributed by atoms with Crippen molar-refractivity contribution in [1.82, 2.24) is 4.98 Å². The number of nitrogens with one attached hydrogen (secondary N) is 1. The summed E-state index contributed by atoms with van der Waals surface area (Å²) >= 11 is 0. The number of alkyl halides is 3. The first kappa shape index (κ1) is 25.3. The molecule has 0 saturated heterocycles. The number of aliphatic carboxylic acids is 1. The summed E-state index contributed by atoms with van der Waals surface area (Å²) < 4.78 is 51.5. The molecule has 1 aliphatic carbocycles. The standard InChI is InChI=1S/C27H27F3N2O4/c1-35-20-7-5-17(6-8-20)24-12-11-23(27(28,29)30)26(32-24)31-13-2-14-36-21-9-10-22-18(15-21)3-4-19(22)16-25(33)34/h5-12,15,19H,2-4,13-14,16H2,1H3,(H,31,32)(H,33,34)/t19-/m0/s1. The summed E-state index contributed by atoms with van der Waals surface area (Å²) in [6, 6.07) is 15.0. The molecular weight excluding hydrogens is 473 g/mol. The quantitative estimate of drug-likeness (QED) is 0.325. The number of pyridine rings is 1. The van der Waals surface area contributed by atoms with E-state index in [0.717, 1.165) is 30.0 Å². The second-order valence-corrected chi connectivity index (χ2v) is 8.64. The predicted octanol–water partition coefficient (Wildman–Crippen LogP) is 6.16. The van der Waals surface area contributed by atoms with E-state index < -0.39 is 17.7 Å². The minimum absolute atomic E-state index is 0.0276. The number of halogens is 3. The highest BCUT2D eigenvalue weighted by Crippen LogP contribution is 2.38. The van der Waals surface area contributed by atoms with Crippen LogP contribution in [0.5, 0.6) is 11.5 Å². The molecule has 1 aromatic heterocycles. The summed E-state index contributed by atoms with van der Waals surface area (Å²) in [5.74, 6) is 0.309. The molecule has 0 aliphatic heterocycles. The molecule has 0 radical (unpaired) electrons. The zero-order valence-corrected chi connectivity index (χ0v) is 19.8. The van der Waals surface area contributed by atoms with Crippen molar-refractivity contribution < 1.29 is 32.5 Å². The van der Waals surface area contributed by atoms with Crippen molar-refractivity contribution in [2.45, 2.75) is 37.8 Å². The maximum absolute atomic E-state index is 13.5. The SMILES string of the molecule is COc1ccc(-c2ccc(C(F)(F)F)c(NCCCOc3ccc4c(c3)CC[C@H]4CC(=O)O)n2)cc1. The highest BCUT2D eigenvalue weighted by Gasteiger charge is 2.34. The van der Waals surface area contributed by atoms with E-state index >= 15 is 0 Å². The molecule has 4 rings (SSSR count). The van der Waals surface area contributed by atoms with E-state index in [1.165, 1.54) is 6.07 Å². The fourth-order valence-corrected chi connectivity index (χ4v) is 4.41. The number of hydrogen-bond donors (Lipinski definition) is 2. The van der Waals surface area contributed by atoms with Gasteiger partial charge in [-0.3, -0.25) is 4.79 Å². The molecule has 9 heteroatoms. The predicted molar refractivity (Wildman–Crippen MR) is 130 cm³/mol. The Labute approximate surface area is 207 Å². The van der Waals surface area contributed by atoms with Crippen LogP contribution >= 0.6 is 0 Å². The van der Waals surface area contributed by atoms with Gasteiger partial charge in [0.1, 0.15) is 17.3 Å². The van der Waals surface area contributed by atoms with Gasteiger partial charge in [-0.15, -0.1) is 0 Å². The lowest BCUT2D eigenvalue weighted by Crippen LogP contribution is -2.15. The number of carboxylic acids is 1. The van der Waals surface area contributed by atoms with Gasteiger partial charge in [-0.05, 0) is 84.8 Å². The zero-order valence-electron chi connectivity index (χ0n) is 19.8. The molecule has 1 heterocycles. The Kier molecular flexibility index (Phi) is 7.67. The molecule has 36 heavy (non-hydrogen) atoms. The van der Waals surface area contributed by atoms with Gasteiger partial charge in [0.25, 0.3) is 0 Å². The van der Waals surface area contributed by atoms with Crippen molar-refractivity contribution in [3.63, 3.8) is 0 Å². The molecule has 6 nitrogen and oxygen atoms in total. The fourth-order valence-electron chi connectivity index (χ4n) is 4.41. The molecule has 0 saturated carbocycles. The third kappa shape index (κ3) is 6.08. The molecule has 0 unspecified atom stereocenters. The van der Waals surface area contributed by atoms with E-state index in [1.807, 2.05) is 18.2 Å². The van der Waals surface area contributed by atoms with Gasteiger partial charge in [0.05, 0.1) is 31.4 Å². The van der Waals surface area contributed by atoms with Crippen molar-refractivity contribution >= 4 is 11.8 Å². The molecule has 1 aliphatic rings. The van der Waals surface area contributed by atoms with Crippen molar-refractivity contribution in [2.75, 3.05) is 25.6 Å². The Hall–Kier alpha value is -3.75. The van der Waals surface area contributed by atoms with E-state index in [0.29, 0.717) is 35.8 Å². The van der Waals surface area contributed by atoms with Crippen LogP contribution in [0.3, 0.4) is 0 Å². The first-order chi connectivity index (χ1) is 17.2. The van der Waals surface area contributed by atoms with Crippen LogP contribution in [0.15, 0.2) is 54.6 Å². The number of ether oxygens (including phenoxy) is 2. The molecular formula is C27H27F3N2O4. The number of rotatable bonds is 10. The summed E-state index contributed by atoms with van der Waals surface area (Å²) in [7, 11) is 1.54. The monoisotopic (exact) mass is 500 g/mol. The second kappa shape index (κ2) is 10.9. The minimum atomic E-state index is -4.53. The van der Waals surface area contributed by atoms with Crippen molar-refractivity contribution in [2.24, 2.45) is 0 Å². The van der Waals surface area contributed by atoms with Crippen LogP contribution in [0, 0.1) is 0 Å². The number of carbonyl (C=O) groups is 1. The number of anilines is 1. The average molecular weight is 501 g/mol. The maximum atomic E-state index is 13.5. The second-order valence-electron chi connectivity index (χ2n) is 8.64. The number of nitrogens with zero attached hydrogens (tertiary/aromatic N) is 1. The van der Waals surface area contributed by atoms with Crippen LogP contribution in [0.25, 0.3) is 11.3 Å². The van der Waals surface area contributed by atoms with Crippen LogP contribution in [-0.4, -0.2) is 36.3 Å². The summed E-state index contributed by atoms with van der Waals surface area (Å²) in [6.07, 6.45) is -2.34. The highest BCUT2D eigenvalue weighted by molar-refractivity contribution is 5.68. The van der Waals surface area contributed by atoms with Crippen LogP contribution in [0.1, 0.15) is 41.9 Å². The van der Waals surface area contributed by atoms with Crippen LogP contribution in [-0.2, 0) is 17.4 Å². The fraction of sp³-hybridized carbons (Fsp3) is 0.333. The van der Waals surface area contributed by atoms with Gasteiger partial charge in [-0.1, -0.05) is 6.07 Å². The van der Waals surface area contributed by atoms with Crippen LogP contribution in [0.2, 0.25) is 0 Å². The van der Waals surface area contributed by atoms with E-state index in [2.05, 4.69) is 10.3 Å². The lowest BCUT2D eigenvalue weighted by molar-refractivity contribution is -0.138. The van der Waals surface area contributed by atoms with Crippen LogP contribution in [0.4, 0.5) is 19.0 Å². The summed E-state index contributed by atoms with van der Waals surface area (Å²) in [5.41, 5.74) is 2.41. The average Bonchev–Trinajstić information content (AvgIpc) is 3.24. The highest BCUT2D eigenvalue weighted by atomic mass is 19.4. The van der Waals surface area contributed by atoms with Crippen molar-refractivity contribution in [3.05, 3.63) is 71.3 Å². The largest absolute Gasteiger partial charge is 0.497 e. The van der Waals surface area contributed by atoms with E-state index in [-0.39, 0.29) is 24.7 Å².